The molecule has 0 aliphatic rings. The molecule has 1 aromatic heterocycles. The Morgan fingerprint density at radius 2 is 1.84 bits per heavy atom. The van der Waals surface area contributed by atoms with E-state index in [1.807, 2.05) is 63.2 Å². The van der Waals surface area contributed by atoms with Crippen LogP contribution in [0.3, 0.4) is 0 Å². The topological polar surface area (TPSA) is 57.7 Å². The van der Waals surface area contributed by atoms with Crippen LogP contribution in [0.1, 0.15) is 35.5 Å². The summed E-state index contributed by atoms with van der Waals surface area (Å²) in [5, 5.41) is 1.66. The Bertz CT molecular complexity index is 1050. The largest absolute Gasteiger partial charge is 0.487 e. The molecule has 1 heterocycles. The molecule has 5 nitrogen and oxygen atoms in total. The van der Waals surface area contributed by atoms with Crippen LogP contribution in [-0.2, 0) is 27.3 Å². The number of aryl methyl sites for hydroxylation is 2. The minimum absolute atomic E-state index is 0.329. The van der Waals surface area contributed by atoms with Crippen LogP contribution in [0.25, 0.3) is 10.6 Å². The predicted molar refractivity (Wildman–Crippen MR) is 129 cm³/mol. The third-order valence-electron chi connectivity index (χ3n) is 5.00. The number of hydrogen-bond donors (Lipinski definition) is 0. The second kappa shape index (κ2) is 11.5. The highest BCUT2D eigenvalue weighted by molar-refractivity contribution is 7.15. The number of ether oxygens (including phenoxy) is 3. The van der Waals surface area contributed by atoms with Gasteiger partial charge in [-0.2, -0.15) is 0 Å². The van der Waals surface area contributed by atoms with Gasteiger partial charge < -0.3 is 14.2 Å². The maximum Gasteiger partial charge on any atom is 0.335 e. The highest BCUT2D eigenvalue weighted by Gasteiger charge is 2.21. The normalized spacial score (nSPS) is 11.9. The lowest BCUT2D eigenvalue weighted by atomic mass is 10.0. The molecule has 7 heteroatoms. The minimum Gasteiger partial charge on any atom is -0.487 e. The van der Waals surface area contributed by atoms with E-state index in [0.29, 0.717) is 31.3 Å². The number of halogens is 1. The Labute approximate surface area is 198 Å². The number of carbonyl (C=O) groups excluding carboxylic acids is 1. The Balaban J connectivity index is 1.66. The van der Waals surface area contributed by atoms with Crippen LogP contribution in [0.2, 0.25) is 5.02 Å². The van der Waals surface area contributed by atoms with Crippen LogP contribution >= 0.6 is 22.9 Å². The van der Waals surface area contributed by atoms with E-state index in [1.165, 1.54) is 0 Å². The summed E-state index contributed by atoms with van der Waals surface area (Å²) >= 11 is 7.62. The molecule has 1 atom stereocenters. The van der Waals surface area contributed by atoms with Gasteiger partial charge in [0, 0.05) is 28.5 Å². The summed E-state index contributed by atoms with van der Waals surface area (Å²) in [5.74, 6) is 0.431. The van der Waals surface area contributed by atoms with Crippen molar-refractivity contribution in [3.8, 4) is 16.3 Å². The van der Waals surface area contributed by atoms with Crippen molar-refractivity contribution in [2.24, 2.45) is 0 Å². The lowest BCUT2D eigenvalue weighted by molar-refractivity contribution is -0.156. The zero-order chi connectivity index (χ0) is 23.1. The molecule has 0 amide bonds. The van der Waals surface area contributed by atoms with E-state index < -0.39 is 6.10 Å². The summed E-state index contributed by atoms with van der Waals surface area (Å²) in [7, 11) is 0. The Kier molecular flexibility index (Phi) is 8.67. The van der Waals surface area contributed by atoms with Gasteiger partial charge in [0.05, 0.1) is 12.3 Å². The molecular weight excluding hydrogens is 446 g/mol. The number of benzene rings is 2. The fourth-order valence-electron chi connectivity index (χ4n) is 3.26. The summed E-state index contributed by atoms with van der Waals surface area (Å²) < 4.78 is 16.7. The van der Waals surface area contributed by atoms with Gasteiger partial charge >= 0.3 is 5.97 Å². The van der Waals surface area contributed by atoms with Gasteiger partial charge in [0.1, 0.15) is 17.4 Å². The second-order valence-electron chi connectivity index (χ2n) is 7.31. The van der Waals surface area contributed by atoms with E-state index in [2.05, 4.69) is 0 Å². The SMILES string of the molecule is CCOC(=O)C(Cc1ccc(OCc2nc(-c3ccc(Cl)cc3)sc2C)cc1C)OCC. The number of esters is 1. The molecule has 0 radical (unpaired) electrons. The molecule has 0 aliphatic carbocycles. The fourth-order valence-corrected chi connectivity index (χ4v) is 4.31. The van der Waals surface area contributed by atoms with Crippen LogP contribution in [0.4, 0.5) is 0 Å². The average Bonchev–Trinajstić information content (AvgIpc) is 3.14. The number of rotatable bonds is 10. The van der Waals surface area contributed by atoms with Gasteiger partial charge in [0.15, 0.2) is 6.10 Å². The first-order chi connectivity index (χ1) is 15.4. The van der Waals surface area contributed by atoms with Crippen molar-refractivity contribution < 1.29 is 19.0 Å². The smallest absolute Gasteiger partial charge is 0.335 e. The third kappa shape index (κ3) is 6.31. The van der Waals surface area contributed by atoms with Gasteiger partial charge in [-0.05, 0) is 63.1 Å². The van der Waals surface area contributed by atoms with Crippen molar-refractivity contribution >= 4 is 28.9 Å². The highest BCUT2D eigenvalue weighted by Crippen LogP contribution is 2.29. The maximum absolute atomic E-state index is 12.1. The third-order valence-corrected chi connectivity index (χ3v) is 6.31. The first-order valence-electron chi connectivity index (χ1n) is 10.6. The molecule has 0 saturated heterocycles. The second-order valence-corrected chi connectivity index (χ2v) is 8.95. The average molecular weight is 474 g/mol. The fraction of sp³-hybridized carbons (Fsp3) is 0.360. The van der Waals surface area contributed by atoms with Crippen molar-refractivity contribution in [1.29, 1.82) is 0 Å². The van der Waals surface area contributed by atoms with Gasteiger partial charge in [0.25, 0.3) is 0 Å². The first kappa shape index (κ1) is 24.2. The first-order valence-corrected chi connectivity index (χ1v) is 11.8. The number of thiazole rings is 1. The molecule has 0 spiro atoms. The molecule has 2 aromatic carbocycles. The van der Waals surface area contributed by atoms with Gasteiger partial charge in [-0.15, -0.1) is 11.3 Å². The number of aromatic nitrogens is 1. The molecule has 32 heavy (non-hydrogen) atoms. The highest BCUT2D eigenvalue weighted by atomic mass is 35.5. The molecule has 3 aromatic rings. The molecular formula is C25H28ClNO4S. The minimum atomic E-state index is -0.602. The van der Waals surface area contributed by atoms with E-state index in [1.54, 1.807) is 18.3 Å². The monoisotopic (exact) mass is 473 g/mol. The zero-order valence-corrected chi connectivity index (χ0v) is 20.4. The van der Waals surface area contributed by atoms with Gasteiger partial charge in [-0.3, -0.25) is 0 Å². The lowest BCUT2D eigenvalue weighted by Crippen LogP contribution is -2.29. The maximum atomic E-state index is 12.1. The summed E-state index contributed by atoms with van der Waals surface area (Å²) in [6.45, 7) is 8.89. The van der Waals surface area contributed by atoms with Crippen molar-refractivity contribution in [1.82, 2.24) is 4.98 Å². The number of carbonyl (C=O) groups is 1. The summed E-state index contributed by atoms with van der Waals surface area (Å²) in [6, 6.07) is 13.5. The van der Waals surface area contributed by atoms with Crippen LogP contribution in [-0.4, -0.2) is 30.3 Å². The van der Waals surface area contributed by atoms with Crippen LogP contribution in [0.5, 0.6) is 5.75 Å². The molecule has 0 aliphatic heterocycles. The van der Waals surface area contributed by atoms with Gasteiger partial charge in [-0.1, -0.05) is 29.8 Å². The van der Waals surface area contributed by atoms with E-state index in [4.69, 9.17) is 30.8 Å². The molecule has 170 valence electrons. The van der Waals surface area contributed by atoms with Crippen LogP contribution in [0, 0.1) is 13.8 Å². The molecule has 1 unspecified atom stereocenters. The standard InChI is InChI=1S/C25H28ClNO4S/c1-5-29-23(25(28)30-6-2)14-19-9-12-21(13-16(19)3)31-15-22-17(4)32-24(27-22)18-7-10-20(26)11-8-18/h7-13,23H,5-6,14-15H2,1-4H3. The van der Waals surface area contributed by atoms with Gasteiger partial charge in [0.2, 0.25) is 0 Å². The van der Waals surface area contributed by atoms with Crippen LogP contribution in [0.15, 0.2) is 42.5 Å². The lowest BCUT2D eigenvalue weighted by Gasteiger charge is -2.17. The molecule has 0 bridgehead atoms. The Morgan fingerprint density at radius 1 is 1.09 bits per heavy atom. The molecule has 0 fully saturated rings. The quantitative estimate of drug-likeness (QED) is 0.329. The number of nitrogens with zero attached hydrogens (tertiary/aromatic N) is 1. The Hall–Kier alpha value is -2.41. The van der Waals surface area contributed by atoms with Crippen molar-refractivity contribution in [3.05, 3.63) is 69.2 Å². The van der Waals surface area contributed by atoms with Crippen molar-refractivity contribution in [2.45, 2.75) is 46.8 Å². The van der Waals surface area contributed by atoms with Gasteiger partial charge in [-0.25, -0.2) is 9.78 Å². The Morgan fingerprint density at radius 3 is 2.50 bits per heavy atom. The van der Waals surface area contributed by atoms with E-state index in [9.17, 15) is 4.79 Å². The van der Waals surface area contributed by atoms with Crippen molar-refractivity contribution in [3.63, 3.8) is 0 Å². The molecule has 3 rings (SSSR count). The summed E-state index contributed by atoms with van der Waals surface area (Å²) in [4.78, 5) is 18.0. The van der Waals surface area contributed by atoms with E-state index >= 15 is 0 Å². The van der Waals surface area contributed by atoms with Crippen molar-refractivity contribution in [2.75, 3.05) is 13.2 Å². The molecule has 0 N–H and O–H groups in total. The van der Waals surface area contributed by atoms with E-state index in [0.717, 1.165) is 38.0 Å². The summed E-state index contributed by atoms with van der Waals surface area (Å²) in [5.41, 5.74) is 4.02. The van der Waals surface area contributed by atoms with Crippen LogP contribution < -0.4 is 4.74 Å². The van der Waals surface area contributed by atoms with E-state index in [-0.39, 0.29) is 5.97 Å². The summed E-state index contributed by atoms with van der Waals surface area (Å²) in [6.07, 6.45) is -0.136. The molecule has 0 saturated carbocycles. The number of hydrogen-bond acceptors (Lipinski definition) is 6. The predicted octanol–water partition coefficient (Wildman–Crippen LogP) is 6.17. The zero-order valence-electron chi connectivity index (χ0n) is 18.8.